The summed E-state index contributed by atoms with van der Waals surface area (Å²) in [6.45, 7) is 3.80. The summed E-state index contributed by atoms with van der Waals surface area (Å²) in [6, 6.07) is 2.73. The van der Waals surface area contributed by atoms with Crippen LogP contribution in [-0.4, -0.2) is 17.3 Å². The Morgan fingerprint density at radius 2 is 1.72 bits per heavy atom. The molecule has 0 fully saturated rings. The maximum absolute atomic E-state index is 13.0. The normalized spacial score (nSPS) is 11.4. The van der Waals surface area contributed by atoms with E-state index in [9.17, 15) is 13.6 Å². The van der Waals surface area contributed by atoms with E-state index in [1.165, 1.54) is 0 Å². The lowest BCUT2D eigenvalue weighted by atomic mass is 9.94. The number of hydrogen-bond donors (Lipinski definition) is 1. The van der Waals surface area contributed by atoms with Gasteiger partial charge in [0.05, 0.1) is 5.54 Å². The number of rotatable bonds is 5. The van der Waals surface area contributed by atoms with Gasteiger partial charge in [0.15, 0.2) is 0 Å². The van der Waals surface area contributed by atoms with Crippen LogP contribution in [0, 0.1) is 11.6 Å². The van der Waals surface area contributed by atoms with E-state index >= 15 is 0 Å². The van der Waals surface area contributed by atoms with Gasteiger partial charge in [-0.2, -0.15) is 0 Å². The fraction of sp³-hybridized carbons (Fsp3) is 0.462. The summed E-state index contributed by atoms with van der Waals surface area (Å²) in [6.07, 6.45) is 1.30. The van der Waals surface area contributed by atoms with E-state index in [4.69, 9.17) is 11.6 Å². The second-order valence-electron chi connectivity index (χ2n) is 4.23. The molecule has 5 heteroatoms. The first-order chi connectivity index (χ1) is 8.46. The van der Waals surface area contributed by atoms with Crippen molar-refractivity contribution in [3.63, 3.8) is 0 Å². The molecule has 0 spiro atoms. The van der Waals surface area contributed by atoms with Gasteiger partial charge in [-0.05, 0) is 25.0 Å². The highest BCUT2D eigenvalue weighted by Gasteiger charge is 2.27. The Labute approximate surface area is 110 Å². The van der Waals surface area contributed by atoms with Crippen LogP contribution in [0.5, 0.6) is 0 Å². The highest BCUT2D eigenvalue weighted by molar-refractivity contribution is 6.18. The number of carbonyl (C=O) groups is 1. The summed E-state index contributed by atoms with van der Waals surface area (Å²) in [5, 5.41) is 2.75. The van der Waals surface area contributed by atoms with Gasteiger partial charge >= 0.3 is 0 Å². The van der Waals surface area contributed by atoms with Crippen LogP contribution in [0.15, 0.2) is 18.2 Å². The van der Waals surface area contributed by atoms with E-state index in [0.717, 1.165) is 18.2 Å². The molecule has 1 aromatic carbocycles. The van der Waals surface area contributed by atoms with E-state index in [1.54, 1.807) is 0 Å². The molecule has 0 saturated carbocycles. The minimum Gasteiger partial charge on any atom is -0.345 e. The number of amides is 1. The average Bonchev–Trinajstić information content (AvgIpc) is 2.35. The third-order valence-corrected chi connectivity index (χ3v) is 3.62. The van der Waals surface area contributed by atoms with Crippen LogP contribution in [0.3, 0.4) is 0 Å². The largest absolute Gasteiger partial charge is 0.345 e. The van der Waals surface area contributed by atoms with Crippen molar-refractivity contribution >= 4 is 17.5 Å². The number of hydrogen-bond acceptors (Lipinski definition) is 1. The van der Waals surface area contributed by atoms with Crippen LogP contribution in [0.25, 0.3) is 0 Å². The molecular formula is C13H16ClF2NO. The lowest BCUT2D eigenvalue weighted by Gasteiger charge is -2.30. The Hall–Kier alpha value is -1.16. The summed E-state index contributed by atoms with van der Waals surface area (Å²) >= 11 is 5.86. The maximum Gasteiger partial charge on any atom is 0.251 e. The Bertz CT molecular complexity index is 404. The van der Waals surface area contributed by atoms with Crippen LogP contribution in [0.4, 0.5) is 8.78 Å². The summed E-state index contributed by atoms with van der Waals surface area (Å²) in [5.41, 5.74) is -0.578. The summed E-state index contributed by atoms with van der Waals surface area (Å²) < 4.78 is 26.0. The molecule has 0 unspecified atom stereocenters. The van der Waals surface area contributed by atoms with Gasteiger partial charge in [-0.3, -0.25) is 4.79 Å². The van der Waals surface area contributed by atoms with Crippen molar-refractivity contribution in [3.8, 4) is 0 Å². The molecule has 0 atom stereocenters. The SMILES string of the molecule is CCC(CC)(CCl)NC(=O)c1cc(F)cc(F)c1. The molecule has 0 saturated heterocycles. The van der Waals surface area contributed by atoms with Crippen molar-refractivity contribution in [2.75, 3.05) is 5.88 Å². The molecule has 0 bridgehead atoms. The summed E-state index contributed by atoms with van der Waals surface area (Å²) in [4.78, 5) is 11.9. The molecule has 1 aromatic rings. The molecule has 1 rings (SSSR count). The third-order valence-electron chi connectivity index (χ3n) is 3.11. The summed E-state index contributed by atoms with van der Waals surface area (Å²) in [7, 11) is 0. The van der Waals surface area contributed by atoms with Crippen molar-refractivity contribution in [3.05, 3.63) is 35.4 Å². The molecule has 0 heterocycles. The first kappa shape index (κ1) is 14.9. The minimum atomic E-state index is -0.773. The predicted octanol–water partition coefficient (Wildman–Crippen LogP) is 3.49. The monoisotopic (exact) mass is 275 g/mol. The highest BCUT2D eigenvalue weighted by Crippen LogP contribution is 2.18. The van der Waals surface area contributed by atoms with Crippen molar-refractivity contribution in [1.29, 1.82) is 0 Å². The van der Waals surface area contributed by atoms with Crippen molar-refractivity contribution in [2.45, 2.75) is 32.2 Å². The topological polar surface area (TPSA) is 29.1 Å². The zero-order valence-electron chi connectivity index (χ0n) is 10.4. The smallest absolute Gasteiger partial charge is 0.251 e. The average molecular weight is 276 g/mol. The second-order valence-corrected chi connectivity index (χ2v) is 4.50. The van der Waals surface area contributed by atoms with Gasteiger partial charge in [0.2, 0.25) is 0 Å². The van der Waals surface area contributed by atoms with Crippen LogP contribution < -0.4 is 5.32 Å². The quantitative estimate of drug-likeness (QED) is 0.819. The zero-order chi connectivity index (χ0) is 13.8. The molecule has 0 radical (unpaired) electrons. The molecule has 18 heavy (non-hydrogen) atoms. The number of benzene rings is 1. The predicted molar refractivity (Wildman–Crippen MR) is 67.9 cm³/mol. The van der Waals surface area contributed by atoms with Gasteiger partial charge < -0.3 is 5.32 Å². The third kappa shape index (κ3) is 3.42. The van der Waals surface area contributed by atoms with Gasteiger partial charge in [0.25, 0.3) is 5.91 Å². The van der Waals surface area contributed by atoms with Crippen LogP contribution in [0.1, 0.15) is 37.0 Å². The molecule has 0 aromatic heterocycles. The minimum absolute atomic E-state index is 0.0381. The second kappa shape index (κ2) is 6.14. The Balaban J connectivity index is 2.94. The molecule has 0 aliphatic rings. The van der Waals surface area contributed by atoms with E-state index in [2.05, 4.69) is 5.32 Å². The van der Waals surface area contributed by atoms with Crippen molar-refractivity contribution in [2.24, 2.45) is 0 Å². The number of alkyl halides is 1. The van der Waals surface area contributed by atoms with E-state index in [-0.39, 0.29) is 11.4 Å². The van der Waals surface area contributed by atoms with E-state index < -0.39 is 23.1 Å². The molecular weight excluding hydrogens is 260 g/mol. The van der Waals surface area contributed by atoms with Gasteiger partial charge in [0.1, 0.15) is 11.6 Å². The van der Waals surface area contributed by atoms with Gasteiger partial charge in [-0.25, -0.2) is 8.78 Å². The Morgan fingerprint density at radius 1 is 1.22 bits per heavy atom. The van der Waals surface area contributed by atoms with Crippen LogP contribution in [0.2, 0.25) is 0 Å². The van der Waals surface area contributed by atoms with Crippen LogP contribution in [-0.2, 0) is 0 Å². The van der Waals surface area contributed by atoms with Crippen LogP contribution >= 0.6 is 11.6 Å². The standard InChI is InChI=1S/C13H16ClF2NO/c1-3-13(4-2,8-14)17-12(18)9-5-10(15)7-11(16)6-9/h5-7H,3-4,8H2,1-2H3,(H,17,18). The number of nitrogens with one attached hydrogen (secondary N) is 1. The van der Waals surface area contributed by atoms with Gasteiger partial charge in [-0.15, -0.1) is 11.6 Å². The highest BCUT2D eigenvalue weighted by atomic mass is 35.5. The van der Waals surface area contributed by atoms with E-state index in [1.807, 2.05) is 13.8 Å². The van der Waals surface area contributed by atoms with Gasteiger partial charge in [-0.1, -0.05) is 13.8 Å². The first-order valence-electron chi connectivity index (χ1n) is 5.81. The van der Waals surface area contributed by atoms with E-state index in [0.29, 0.717) is 12.8 Å². The summed E-state index contributed by atoms with van der Waals surface area (Å²) in [5.74, 6) is -1.81. The molecule has 0 aliphatic heterocycles. The Morgan fingerprint density at radius 3 is 2.11 bits per heavy atom. The lowest BCUT2D eigenvalue weighted by molar-refractivity contribution is 0.0901. The molecule has 0 aliphatic carbocycles. The number of carbonyl (C=O) groups excluding carboxylic acids is 1. The fourth-order valence-corrected chi connectivity index (χ4v) is 2.09. The zero-order valence-corrected chi connectivity index (χ0v) is 11.2. The number of halogens is 3. The first-order valence-corrected chi connectivity index (χ1v) is 6.34. The fourth-order valence-electron chi connectivity index (χ4n) is 1.65. The maximum atomic E-state index is 13.0. The van der Waals surface area contributed by atoms with Crippen molar-refractivity contribution in [1.82, 2.24) is 5.32 Å². The molecule has 2 nitrogen and oxygen atoms in total. The lowest BCUT2D eigenvalue weighted by Crippen LogP contribution is -2.49. The molecule has 1 amide bonds. The molecule has 1 N–H and O–H groups in total. The Kier molecular flexibility index (Phi) is 5.08. The van der Waals surface area contributed by atoms with Crippen molar-refractivity contribution < 1.29 is 13.6 Å². The van der Waals surface area contributed by atoms with Gasteiger partial charge in [0, 0.05) is 17.5 Å². The molecule has 100 valence electrons.